The Kier molecular flexibility index (Phi) is 4.19. The van der Waals surface area contributed by atoms with Gasteiger partial charge in [-0.1, -0.05) is 13.8 Å². The van der Waals surface area contributed by atoms with Crippen LogP contribution in [0.25, 0.3) is 0 Å². The third kappa shape index (κ3) is 3.16. The molecule has 0 saturated carbocycles. The van der Waals surface area contributed by atoms with Crippen molar-refractivity contribution in [3.8, 4) is 0 Å². The molecule has 7 heteroatoms. The van der Waals surface area contributed by atoms with Crippen molar-refractivity contribution in [1.82, 2.24) is 0 Å². The summed E-state index contributed by atoms with van der Waals surface area (Å²) in [6.07, 6.45) is 0. The summed E-state index contributed by atoms with van der Waals surface area (Å²) in [5.41, 5.74) is -0.270. The number of non-ortho nitro benzene ring substituents is 1. The molecule has 18 heavy (non-hydrogen) atoms. The first-order valence-corrected chi connectivity index (χ1v) is 5.52. The average molecular weight is 253 g/mol. The normalized spacial score (nSPS) is 12.2. The van der Waals surface area contributed by atoms with Crippen LogP contribution >= 0.6 is 0 Å². The van der Waals surface area contributed by atoms with Crippen LogP contribution in [0.3, 0.4) is 0 Å². The van der Waals surface area contributed by atoms with Crippen LogP contribution in [0.15, 0.2) is 18.2 Å². The molecule has 0 aliphatic rings. The summed E-state index contributed by atoms with van der Waals surface area (Å²) in [6.45, 7) is 5.86. The second-order valence-corrected chi connectivity index (χ2v) is 4.39. The summed E-state index contributed by atoms with van der Waals surface area (Å²) in [7, 11) is 0. The first kappa shape index (κ1) is 13.9. The maximum absolute atomic E-state index is 10.9. The minimum Gasteiger partial charge on any atom is -0.377 e. The van der Waals surface area contributed by atoms with Gasteiger partial charge in [-0.05, 0) is 18.9 Å². The lowest BCUT2D eigenvalue weighted by Gasteiger charge is -2.18. The highest BCUT2D eigenvalue weighted by Crippen LogP contribution is 2.29. The minimum atomic E-state index is -0.650. The highest BCUT2D eigenvalue weighted by atomic mass is 16.6. The summed E-state index contributed by atoms with van der Waals surface area (Å²) in [5, 5.41) is 24.5. The lowest BCUT2D eigenvalue weighted by Crippen LogP contribution is -2.22. The molecule has 0 aliphatic carbocycles. The maximum atomic E-state index is 10.9. The number of nitro benzene ring substituents is 2. The summed E-state index contributed by atoms with van der Waals surface area (Å²) < 4.78 is 0. The van der Waals surface area contributed by atoms with Gasteiger partial charge in [0.2, 0.25) is 0 Å². The predicted molar refractivity (Wildman–Crippen MR) is 67.7 cm³/mol. The van der Waals surface area contributed by atoms with E-state index in [4.69, 9.17) is 0 Å². The quantitative estimate of drug-likeness (QED) is 0.642. The fourth-order valence-corrected chi connectivity index (χ4v) is 1.32. The van der Waals surface area contributed by atoms with Crippen LogP contribution in [0, 0.1) is 26.1 Å². The molecule has 1 unspecified atom stereocenters. The van der Waals surface area contributed by atoms with Crippen LogP contribution in [0.5, 0.6) is 0 Å². The van der Waals surface area contributed by atoms with Gasteiger partial charge in [0.05, 0.1) is 15.9 Å². The van der Waals surface area contributed by atoms with Crippen molar-refractivity contribution in [2.75, 3.05) is 5.32 Å². The predicted octanol–water partition coefficient (Wildman–Crippen LogP) is 2.96. The Labute approximate surface area is 104 Å². The lowest BCUT2D eigenvalue weighted by molar-refractivity contribution is -0.393. The van der Waals surface area contributed by atoms with Crippen molar-refractivity contribution < 1.29 is 9.85 Å². The largest absolute Gasteiger partial charge is 0.377 e. The number of nitro groups is 2. The van der Waals surface area contributed by atoms with E-state index < -0.39 is 9.85 Å². The van der Waals surface area contributed by atoms with Crippen molar-refractivity contribution in [3.63, 3.8) is 0 Å². The standard InChI is InChI=1S/C11H15N3O4/c1-7(2)8(3)12-10-5-4-9(13(15)16)6-11(10)14(17)18/h4-8,12H,1-3H3. The first-order valence-electron chi connectivity index (χ1n) is 5.52. The van der Waals surface area contributed by atoms with Crippen LogP contribution in [0.1, 0.15) is 20.8 Å². The number of rotatable bonds is 5. The van der Waals surface area contributed by atoms with E-state index in [0.29, 0.717) is 11.6 Å². The molecule has 0 amide bonds. The molecule has 1 aromatic carbocycles. The molecule has 0 radical (unpaired) electrons. The van der Waals surface area contributed by atoms with Gasteiger partial charge in [-0.25, -0.2) is 0 Å². The van der Waals surface area contributed by atoms with Crippen molar-refractivity contribution in [1.29, 1.82) is 0 Å². The van der Waals surface area contributed by atoms with E-state index >= 15 is 0 Å². The van der Waals surface area contributed by atoms with Crippen molar-refractivity contribution >= 4 is 17.1 Å². The Balaban J connectivity index is 3.12. The van der Waals surface area contributed by atoms with Crippen molar-refractivity contribution in [3.05, 3.63) is 38.4 Å². The van der Waals surface area contributed by atoms with E-state index in [-0.39, 0.29) is 17.4 Å². The Morgan fingerprint density at radius 2 is 1.72 bits per heavy atom. The van der Waals surface area contributed by atoms with Gasteiger partial charge in [-0.3, -0.25) is 20.2 Å². The third-order valence-electron chi connectivity index (χ3n) is 2.77. The number of anilines is 1. The van der Waals surface area contributed by atoms with E-state index in [9.17, 15) is 20.2 Å². The molecule has 1 aromatic rings. The van der Waals surface area contributed by atoms with Crippen LogP contribution < -0.4 is 5.32 Å². The smallest absolute Gasteiger partial charge is 0.299 e. The second-order valence-electron chi connectivity index (χ2n) is 4.39. The van der Waals surface area contributed by atoms with E-state index in [1.54, 1.807) is 0 Å². The zero-order valence-electron chi connectivity index (χ0n) is 10.4. The molecule has 1 N–H and O–H groups in total. The molecule has 0 saturated heterocycles. The molecule has 7 nitrogen and oxygen atoms in total. The number of nitrogens with zero attached hydrogens (tertiary/aromatic N) is 2. The topological polar surface area (TPSA) is 98.3 Å². The van der Waals surface area contributed by atoms with Crippen LogP contribution in [-0.4, -0.2) is 15.9 Å². The number of hydrogen-bond acceptors (Lipinski definition) is 5. The number of hydrogen-bond donors (Lipinski definition) is 1. The van der Waals surface area contributed by atoms with Gasteiger partial charge < -0.3 is 5.32 Å². The van der Waals surface area contributed by atoms with E-state index in [0.717, 1.165) is 6.07 Å². The van der Waals surface area contributed by atoms with Crippen LogP contribution in [-0.2, 0) is 0 Å². The molecule has 1 rings (SSSR count). The molecule has 0 bridgehead atoms. The summed E-state index contributed by atoms with van der Waals surface area (Å²) in [6, 6.07) is 3.62. The van der Waals surface area contributed by atoms with Crippen molar-refractivity contribution in [2.24, 2.45) is 5.92 Å². The van der Waals surface area contributed by atoms with Gasteiger partial charge in [-0.15, -0.1) is 0 Å². The van der Waals surface area contributed by atoms with Crippen molar-refractivity contribution in [2.45, 2.75) is 26.8 Å². The molecule has 0 aliphatic heterocycles. The zero-order valence-corrected chi connectivity index (χ0v) is 10.4. The molecule has 0 aromatic heterocycles. The SMILES string of the molecule is CC(C)C(C)Nc1ccc([N+](=O)[O-])cc1[N+](=O)[O-]. The summed E-state index contributed by atoms with van der Waals surface area (Å²) in [4.78, 5) is 20.2. The maximum Gasteiger partial charge on any atom is 0.299 e. The van der Waals surface area contributed by atoms with Crippen LogP contribution in [0.4, 0.5) is 17.1 Å². The van der Waals surface area contributed by atoms with E-state index in [2.05, 4.69) is 5.32 Å². The molecule has 1 atom stereocenters. The first-order chi connectivity index (χ1) is 8.32. The zero-order chi connectivity index (χ0) is 13.9. The summed E-state index contributed by atoms with van der Waals surface area (Å²) >= 11 is 0. The Morgan fingerprint density at radius 1 is 1.11 bits per heavy atom. The van der Waals surface area contributed by atoms with Gasteiger partial charge in [-0.2, -0.15) is 0 Å². The second kappa shape index (κ2) is 5.44. The average Bonchev–Trinajstić information content (AvgIpc) is 2.28. The molecular weight excluding hydrogens is 238 g/mol. The highest BCUT2D eigenvalue weighted by Gasteiger charge is 2.20. The van der Waals surface area contributed by atoms with Gasteiger partial charge in [0, 0.05) is 12.1 Å². The minimum absolute atomic E-state index is 0.0326. The summed E-state index contributed by atoms with van der Waals surface area (Å²) in [5.74, 6) is 0.291. The third-order valence-corrected chi connectivity index (χ3v) is 2.77. The Hall–Kier alpha value is -2.18. The Bertz CT molecular complexity index is 473. The Morgan fingerprint density at radius 3 is 2.17 bits per heavy atom. The fourth-order valence-electron chi connectivity index (χ4n) is 1.32. The fraction of sp³-hybridized carbons (Fsp3) is 0.455. The molecule has 98 valence electrons. The van der Waals surface area contributed by atoms with E-state index in [1.807, 2.05) is 20.8 Å². The van der Waals surface area contributed by atoms with Crippen LogP contribution in [0.2, 0.25) is 0 Å². The van der Waals surface area contributed by atoms with E-state index in [1.165, 1.54) is 12.1 Å². The monoisotopic (exact) mass is 253 g/mol. The highest BCUT2D eigenvalue weighted by molar-refractivity contribution is 5.65. The lowest BCUT2D eigenvalue weighted by atomic mass is 10.1. The van der Waals surface area contributed by atoms with Gasteiger partial charge >= 0.3 is 0 Å². The molecule has 0 spiro atoms. The number of benzene rings is 1. The molecular formula is C11H15N3O4. The molecule has 0 heterocycles. The molecule has 0 fully saturated rings. The van der Waals surface area contributed by atoms with Gasteiger partial charge in [0.1, 0.15) is 5.69 Å². The van der Waals surface area contributed by atoms with Gasteiger partial charge in [0.15, 0.2) is 0 Å². The number of nitrogens with one attached hydrogen (secondary N) is 1. The van der Waals surface area contributed by atoms with Gasteiger partial charge in [0.25, 0.3) is 11.4 Å².